The molecule has 1 spiro atoms. The summed E-state index contributed by atoms with van der Waals surface area (Å²) in [6.45, 7) is 2.99. The Morgan fingerprint density at radius 1 is 1.13 bits per heavy atom. The molecular weight excluding hydrogens is 380 g/mol. The van der Waals surface area contributed by atoms with Crippen LogP contribution in [-0.2, 0) is 4.74 Å². The molecule has 1 aromatic rings. The molecule has 2 saturated heterocycles. The molecule has 1 atom stereocenters. The van der Waals surface area contributed by atoms with E-state index in [1.807, 2.05) is 4.90 Å². The van der Waals surface area contributed by atoms with Gasteiger partial charge in [-0.2, -0.15) is 0 Å². The van der Waals surface area contributed by atoms with Crippen molar-refractivity contribution in [3.05, 3.63) is 30.1 Å². The molecule has 2 N–H and O–H groups in total. The summed E-state index contributed by atoms with van der Waals surface area (Å²) in [5.41, 5.74) is 0.555. The number of aromatic nitrogens is 1. The summed E-state index contributed by atoms with van der Waals surface area (Å²) >= 11 is 0. The molecule has 30 heavy (non-hydrogen) atoms. The van der Waals surface area contributed by atoms with Crippen molar-refractivity contribution in [3.63, 3.8) is 0 Å². The van der Waals surface area contributed by atoms with E-state index < -0.39 is 0 Å². The van der Waals surface area contributed by atoms with Gasteiger partial charge < -0.3 is 20.3 Å². The normalized spacial score (nSPS) is 24.0. The number of hydrogen-bond donors (Lipinski definition) is 2. The molecule has 0 aromatic carbocycles. The smallest absolute Gasteiger partial charge is 0.317 e. The van der Waals surface area contributed by atoms with E-state index in [0.717, 1.165) is 64.6 Å². The maximum atomic E-state index is 12.5. The van der Waals surface area contributed by atoms with Crippen LogP contribution >= 0.6 is 0 Å². The maximum absolute atomic E-state index is 12.5. The van der Waals surface area contributed by atoms with Gasteiger partial charge >= 0.3 is 6.03 Å². The number of pyridine rings is 1. The van der Waals surface area contributed by atoms with Crippen LogP contribution in [0.1, 0.15) is 68.1 Å². The molecule has 164 valence electrons. The van der Waals surface area contributed by atoms with Crippen LogP contribution in [0.5, 0.6) is 0 Å². The van der Waals surface area contributed by atoms with E-state index in [1.165, 1.54) is 12.8 Å². The van der Waals surface area contributed by atoms with Crippen LogP contribution in [0, 0.1) is 5.92 Å². The Kier molecular flexibility index (Phi) is 6.87. The van der Waals surface area contributed by atoms with Crippen molar-refractivity contribution in [2.75, 3.05) is 26.2 Å². The molecule has 0 bridgehead atoms. The van der Waals surface area contributed by atoms with Gasteiger partial charge in [-0.1, -0.05) is 12.8 Å². The molecule has 2 aliphatic heterocycles. The second-order valence-corrected chi connectivity index (χ2v) is 9.09. The summed E-state index contributed by atoms with van der Waals surface area (Å²) in [5.74, 6) is 0.510. The highest BCUT2D eigenvalue weighted by atomic mass is 16.5. The monoisotopic (exact) mass is 414 g/mol. The van der Waals surface area contributed by atoms with Crippen LogP contribution in [0.25, 0.3) is 0 Å². The average molecular weight is 415 g/mol. The number of hydrogen-bond acceptors (Lipinski definition) is 4. The molecule has 1 aliphatic carbocycles. The molecule has 7 nitrogen and oxygen atoms in total. The summed E-state index contributed by atoms with van der Waals surface area (Å²) in [6, 6.07) is 3.93. The lowest BCUT2D eigenvalue weighted by Gasteiger charge is -2.46. The van der Waals surface area contributed by atoms with Crippen LogP contribution in [0.15, 0.2) is 24.5 Å². The van der Waals surface area contributed by atoms with Crippen molar-refractivity contribution in [2.24, 2.45) is 5.92 Å². The largest absolute Gasteiger partial charge is 0.375 e. The first-order valence-corrected chi connectivity index (χ1v) is 11.5. The molecule has 1 unspecified atom stereocenters. The standard InChI is InChI=1S/C23H34N4O3/c28-21(19-6-11-24-12-7-19)25-13-5-18-8-16-30-23(17-18)9-14-27(15-10-23)22(29)26-20-3-1-2-4-20/h6-7,11-12,18,20H,1-5,8-10,13-17H2,(H,25,28)(H,26,29). The average Bonchev–Trinajstić information content (AvgIpc) is 3.28. The van der Waals surface area contributed by atoms with E-state index in [0.29, 0.717) is 24.1 Å². The summed E-state index contributed by atoms with van der Waals surface area (Å²) in [4.78, 5) is 30.7. The number of piperidine rings is 1. The molecule has 0 radical (unpaired) electrons. The Morgan fingerprint density at radius 2 is 1.87 bits per heavy atom. The van der Waals surface area contributed by atoms with E-state index in [9.17, 15) is 9.59 Å². The summed E-state index contributed by atoms with van der Waals surface area (Å²) < 4.78 is 6.24. The number of rotatable bonds is 5. The Labute approximate surface area is 178 Å². The predicted molar refractivity (Wildman–Crippen MR) is 114 cm³/mol. The zero-order valence-corrected chi connectivity index (χ0v) is 17.8. The Hall–Kier alpha value is -2.15. The zero-order valence-electron chi connectivity index (χ0n) is 17.8. The van der Waals surface area contributed by atoms with Crippen LogP contribution in [0.4, 0.5) is 4.79 Å². The van der Waals surface area contributed by atoms with E-state index in [-0.39, 0.29) is 17.5 Å². The van der Waals surface area contributed by atoms with E-state index in [4.69, 9.17) is 4.74 Å². The number of carbonyl (C=O) groups is 2. The lowest BCUT2D eigenvalue weighted by molar-refractivity contribution is -0.123. The molecule has 3 fully saturated rings. The van der Waals surface area contributed by atoms with Crippen LogP contribution < -0.4 is 10.6 Å². The van der Waals surface area contributed by atoms with Gasteiger partial charge in [0, 0.05) is 50.2 Å². The number of likely N-dealkylation sites (tertiary alicyclic amines) is 1. The fraction of sp³-hybridized carbons (Fsp3) is 0.696. The topological polar surface area (TPSA) is 83.6 Å². The van der Waals surface area contributed by atoms with Gasteiger partial charge in [-0.25, -0.2) is 4.79 Å². The predicted octanol–water partition coefficient (Wildman–Crippen LogP) is 3.11. The zero-order chi connectivity index (χ0) is 20.8. The highest BCUT2D eigenvalue weighted by Gasteiger charge is 2.41. The summed E-state index contributed by atoms with van der Waals surface area (Å²) in [6.07, 6.45) is 12.8. The van der Waals surface area contributed by atoms with Crippen LogP contribution in [0.3, 0.4) is 0 Å². The molecule has 4 rings (SSSR count). The minimum Gasteiger partial charge on any atom is -0.375 e. The van der Waals surface area contributed by atoms with Crippen LogP contribution in [0.2, 0.25) is 0 Å². The Bertz CT molecular complexity index is 712. The van der Waals surface area contributed by atoms with Gasteiger partial charge in [0.15, 0.2) is 0 Å². The first-order valence-electron chi connectivity index (χ1n) is 11.5. The second kappa shape index (κ2) is 9.77. The summed E-state index contributed by atoms with van der Waals surface area (Å²) in [7, 11) is 0. The fourth-order valence-electron chi connectivity index (χ4n) is 5.17. The highest BCUT2D eigenvalue weighted by Crippen LogP contribution is 2.38. The number of nitrogens with zero attached hydrogens (tertiary/aromatic N) is 2. The third-order valence-corrected chi connectivity index (χ3v) is 7.02. The molecule has 1 aromatic heterocycles. The quantitative estimate of drug-likeness (QED) is 0.775. The summed E-state index contributed by atoms with van der Waals surface area (Å²) in [5, 5.41) is 6.23. The van der Waals surface area contributed by atoms with Gasteiger partial charge in [-0.05, 0) is 63.0 Å². The lowest BCUT2D eigenvalue weighted by atomic mass is 9.78. The number of ether oxygens (including phenoxy) is 1. The molecule has 3 aliphatic rings. The maximum Gasteiger partial charge on any atom is 0.317 e. The molecule has 1 saturated carbocycles. The molecular formula is C23H34N4O3. The van der Waals surface area contributed by atoms with E-state index in [2.05, 4.69) is 15.6 Å². The van der Waals surface area contributed by atoms with E-state index >= 15 is 0 Å². The van der Waals surface area contributed by atoms with Gasteiger partial charge in [0.25, 0.3) is 5.91 Å². The van der Waals surface area contributed by atoms with E-state index in [1.54, 1.807) is 24.5 Å². The Morgan fingerprint density at radius 3 is 2.60 bits per heavy atom. The molecule has 3 amide bonds. The van der Waals surface area contributed by atoms with Crippen molar-refractivity contribution in [1.82, 2.24) is 20.5 Å². The minimum atomic E-state index is -0.0951. The van der Waals surface area contributed by atoms with Crippen molar-refractivity contribution in [3.8, 4) is 0 Å². The number of nitrogens with one attached hydrogen (secondary N) is 2. The van der Waals surface area contributed by atoms with Gasteiger partial charge in [0.05, 0.1) is 5.60 Å². The minimum absolute atomic E-state index is 0.0410. The molecule has 7 heteroatoms. The number of urea groups is 1. The van der Waals surface area contributed by atoms with Crippen LogP contribution in [-0.4, -0.2) is 59.7 Å². The van der Waals surface area contributed by atoms with Gasteiger partial charge in [-0.15, -0.1) is 0 Å². The van der Waals surface area contributed by atoms with Crippen molar-refractivity contribution in [2.45, 2.75) is 69.4 Å². The lowest BCUT2D eigenvalue weighted by Crippen LogP contribution is -2.54. The Balaban J connectivity index is 1.20. The second-order valence-electron chi connectivity index (χ2n) is 9.09. The fourth-order valence-corrected chi connectivity index (χ4v) is 5.17. The van der Waals surface area contributed by atoms with Crippen molar-refractivity contribution < 1.29 is 14.3 Å². The van der Waals surface area contributed by atoms with Gasteiger partial charge in [-0.3, -0.25) is 9.78 Å². The first-order chi connectivity index (χ1) is 14.6. The van der Waals surface area contributed by atoms with Gasteiger partial charge in [0.2, 0.25) is 0 Å². The van der Waals surface area contributed by atoms with Gasteiger partial charge in [0.1, 0.15) is 0 Å². The SMILES string of the molecule is O=C(NCCC1CCOC2(CCN(C(=O)NC3CCCC3)CC2)C1)c1ccncc1. The van der Waals surface area contributed by atoms with Crippen molar-refractivity contribution >= 4 is 11.9 Å². The third-order valence-electron chi connectivity index (χ3n) is 7.02. The van der Waals surface area contributed by atoms with Crippen molar-refractivity contribution in [1.29, 1.82) is 0 Å². The highest BCUT2D eigenvalue weighted by molar-refractivity contribution is 5.93. The molecule has 3 heterocycles. The number of amides is 3. The third kappa shape index (κ3) is 5.31. The number of carbonyl (C=O) groups excluding carboxylic acids is 2. The first kappa shape index (κ1) is 21.1.